The molecule has 12 nitrogen and oxygen atoms in total. The van der Waals surface area contributed by atoms with E-state index in [4.69, 9.17) is 10.6 Å². The van der Waals surface area contributed by atoms with Crippen molar-refractivity contribution in [2.75, 3.05) is 29.4 Å². The molecule has 0 fully saturated rings. The summed E-state index contributed by atoms with van der Waals surface area (Å²) in [6.45, 7) is 0. The number of anilines is 2. The third-order valence-electron chi connectivity index (χ3n) is 3.85. The number of nitro benzene ring substituents is 1. The minimum atomic E-state index is -0.480. The summed E-state index contributed by atoms with van der Waals surface area (Å²) in [6, 6.07) is 12.8. The fourth-order valence-corrected chi connectivity index (χ4v) is 2.96. The first-order chi connectivity index (χ1) is 15.0. The summed E-state index contributed by atoms with van der Waals surface area (Å²) < 4.78 is 6.24. The standard InChI is InChI=1S/C18H18N8O4S/c1-30-15-8-4-13(5-9-15)21-16(27)11-31-18-24-23-17(25(18)19)22-20-10-12-2-6-14(7-3-12)26(28)29/h2-10H,11,19H2,1H3,(H,21,27)(H,22,23)/b20-10+. The normalized spacial score (nSPS) is 10.7. The summed E-state index contributed by atoms with van der Waals surface area (Å²) in [6.07, 6.45) is 1.45. The van der Waals surface area contributed by atoms with Crippen molar-refractivity contribution in [2.45, 2.75) is 5.16 Å². The second-order valence-electron chi connectivity index (χ2n) is 5.96. The molecule has 0 bridgehead atoms. The molecule has 2 aromatic carbocycles. The van der Waals surface area contributed by atoms with Crippen molar-refractivity contribution in [3.8, 4) is 5.75 Å². The molecule has 0 saturated carbocycles. The van der Waals surface area contributed by atoms with Crippen LogP contribution in [0.25, 0.3) is 0 Å². The van der Waals surface area contributed by atoms with Crippen LogP contribution in [0.4, 0.5) is 17.3 Å². The molecular formula is C18H18N8O4S. The van der Waals surface area contributed by atoms with Crippen LogP contribution in [0, 0.1) is 10.1 Å². The number of nitrogens with zero attached hydrogens (tertiary/aromatic N) is 5. The maximum absolute atomic E-state index is 12.1. The zero-order chi connectivity index (χ0) is 22.2. The molecule has 1 heterocycles. The van der Waals surface area contributed by atoms with Crippen molar-refractivity contribution < 1.29 is 14.5 Å². The van der Waals surface area contributed by atoms with Gasteiger partial charge in [0.2, 0.25) is 11.1 Å². The first kappa shape index (κ1) is 21.6. The van der Waals surface area contributed by atoms with Gasteiger partial charge in [-0.3, -0.25) is 14.9 Å². The summed E-state index contributed by atoms with van der Waals surface area (Å²) in [7, 11) is 1.57. The number of non-ortho nitro benzene ring substituents is 1. The Morgan fingerprint density at radius 3 is 2.61 bits per heavy atom. The van der Waals surface area contributed by atoms with Gasteiger partial charge in [0.1, 0.15) is 5.75 Å². The Hall–Kier alpha value is -4.13. The number of methoxy groups -OCH3 is 1. The number of hydrogen-bond donors (Lipinski definition) is 3. The van der Waals surface area contributed by atoms with Gasteiger partial charge in [-0.25, -0.2) is 10.1 Å². The number of hydrazone groups is 1. The van der Waals surface area contributed by atoms with Gasteiger partial charge >= 0.3 is 0 Å². The highest BCUT2D eigenvalue weighted by Crippen LogP contribution is 2.19. The molecule has 0 aliphatic heterocycles. The lowest BCUT2D eigenvalue weighted by Crippen LogP contribution is -2.16. The topological polar surface area (TPSA) is 163 Å². The third kappa shape index (κ3) is 5.93. The van der Waals surface area contributed by atoms with Crippen LogP contribution in [-0.2, 0) is 4.79 Å². The fourth-order valence-electron chi connectivity index (χ4n) is 2.30. The predicted octanol–water partition coefficient (Wildman–Crippen LogP) is 2.09. The molecule has 1 amide bonds. The number of aromatic nitrogens is 3. The molecule has 31 heavy (non-hydrogen) atoms. The van der Waals surface area contributed by atoms with E-state index >= 15 is 0 Å². The number of nitrogens with two attached hydrogens (primary N) is 1. The van der Waals surface area contributed by atoms with E-state index < -0.39 is 4.92 Å². The van der Waals surface area contributed by atoms with Gasteiger partial charge in [0.25, 0.3) is 11.6 Å². The van der Waals surface area contributed by atoms with E-state index in [2.05, 4.69) is 26.0 Å². The number of thioether (sulfide) groups is 1. The number of nitro groups is 1. The summed E-state index contributed by atoms with van der Waals surface area (Å²) >= 11 is 1.11. The van der Waals surface area contributed by atoms with Gasteiger partial charge in [-0.05, 0) is 42.0 Å². The molecule has 0 unspecified atom stereocenters. The molecule has 0 atom stereocenters. The molecule has 0 aliphatic rings. The number of nitrogen functional groups attached to an aromatic ring is 1. The van der Waals surface area contributed by atoms with Crippen molar-refractivity contribution in [1.82, 2.24) is 14.9 Å². The second-order valence-corrected chi connectivity index (χ2v) is 6.90. The van der Waals surface area contributed by atoms with Gasteiger partial charge in [-0.1, -0.05) is 11.8 Å². The van der Waals surface area contributed by atoms with Gasteiger partial charge in [0.05, 0.1) is 24.0 Å². The number of rotatable bonds is 9. The highest BCUT2D eigenvalue weighted by atomic mass is 32.2. The van der Waals surface area contributed by atoms with Crippen molar-refractivity contribution >= 4 is 41.2 Å². The number of nitrogens with one attached hydrogen (secondary N) is 2. The zero-order valence-electron chi connectivity index (χ0n) is 16.3. The van der Waals surface area contributed by atoms with Crippen LogP contribution in [0.5, 0.6) is 5.75 Å². The first-order valence-electron chi connectivity index (χ1n) is 8.77. The average molecular weight is 442 g/mol. The van der Waals surface area contributed by atoms with Crippen LogP contribution < -0.4 is 21.3 Å². The van der Waals surface area contributed by atoms with E-state index in [0.717, 1.165) is 11.8 Å². The molecule has 160 valence electrons. The minimum Gasteiger partial charge on any atom is -0.497 e. The van der Waals surface area contributed by atoms with Crippen molar-refractivity contribution in [3.05, 3.63) is 64.2 Å². The van der Waals surface area contributed by atoms with Crippen LogP contribution in [0.1, 0.15) is 5.56 Å². The third-order valence-corrected chi connectivity index (χ3v) is 4.80. The van der Waals surface area contributed by atoms with E-state index in [1.807, 2.05) is 0 Å². The van der Waals surface area contributed by atoms with Crippen LogP contribution in [0.2, 0.25) is 0 Å². The number of amides is 1. The Bertz CT molecular complexity index is 1080. The van der Waals surface area contributed by atoms with Crippen LogP contribution in [-0.4, -0.2) is 44.8 Å². The smallest absolute Gasteiger partial charge is 0.269 e. The van der Waals surface area contributed by atoms with E-state index in [1.54, 1.807) is 43.5 Å². The molecule has 0 aliphatic carbocycles. The van der Waals surface area contributed by atoms with Crippen LogP contribution in [0.3, 0.4) is 0 Å². The lowest BCUT2D eigenvalue weighted by Gasteiger charge is -2.06. The predicted molar refractivity (Wildman–Crippen MR) is 117 cm³/mol. The molecule has 3 aromatic rings. The highest BCUT2D eigenvalue weighted by molar-refractivity contribution is 7.99. The lowest BCUT2D eigenvalue weighted by atomic mass is 10.2. The van der Waals surface area contributed by atoms with Gasteiger partial charge < -0.3 is 15.9 Å². The van der Waals surface area contributed by atoms with Crippen LogP contribution >= 0.6 is 11.8 Å². The van der Waals surface area contributed by atoms with Gasteiger partial charge in [0, 0.05) is 17.8 Å². The quantitative estimate of drug-likeness (QED) is 0.148. The Morgan fingerprint density at radius 1 is 1.26 bits per heavy atom. The van der Waals surface area contributed by atoms with E-state index in [9.17, 15) is 14.9 Å². The maximum atomic E-state index is 12.1. The van der Waals surface area contributed by atoms with Crippen molar-refractivity contribution in [1.29, 1.82) is 0 Å². The Labute approximate surface area is 180 Å². The van der Waals surface area contributed by atoms with Gasteiger partial charge in [-0.2, -0.15) is 5.10 Å². The Kier molecular flexibility index (Phi) is 7.01. The molecule has 1 aromatic heterocycles. The van der Waals surface area contributed by atoms with Crippen LogP contribution in [0.15, 0.2) is 58.8 Å². The van der Waals surface area contributed by atoms with E-state index in [-0.39, 0.29) is 23.3 Å². The van der Waals surface area contributed by atoms with Gasteiger partial charge in [-0.15, -0.1) is 10.2 Å². The highest BCUT2D eigenvalue weighted by Gasteiger charge is 2.12. The molecule has 0 saturated heterocycles. The SMILES string of the molecule is COc1ccc(NC(=O)CSc2nnc(N/N=C/c3ccc([N+](=O)[O-])cc3)n2N)cc1. The molecular weight excluding hydrogens is 424 g/mol. The lowest BCUT2D eigenvalue weighted by molar-refractivity contribution is -0.384. The van der Waals surface area contributed by atoms with E-state index in [0.29, 0.717) is 22.2 Å². The van der Waals surface area contributed by atoms with Crippen molar-refractivity contribution in [2.24, 2.45) is 5.10 Å². The average Bonchev–Trinajstić information content (AvgIpc) is 3.12. The van der Waals surface area contributed by atoms with Gasteiger partial charge in [0.15, 0.2) is 0 Å². The number of ether oxygens (including phenoxy) is 1. The van der Waals surface area contributed by atoms with E-state index in [1.165, 1.54) is 23.0 Å². The largest absolute Gasteiger partial charge is 0.497 e. The maximum Gasteiger partial charge on any atom is 0.269 e. The summed E-state index contributed by atoms with van der Waals surface area (Å²) in [5, 5.41) is 25.5. The molecule has 0 radical (unpaired) electrons. The Morgan fingerprint density at radius 2 is 1.97 bits per heavy atom. The Balaban J connectivity index is 1.51. The summed E-state index contributed by atoms with van der Waals surface area (Å²) in [5.41, 5.74) is 3.91. The number of carbonyl (C=O) groups excluding carboxylic acids is 1. The monoisotopic (exact) mass is 442 g/mol. The zero-order valence-corrected chi connectivity index (χ0v) is 17.1. The summed E-state index contributed by atoms with van der Waals surface area (Å²) in [5.74, 6) is 6.62. The fraction of sp³-hybridized carbons (Fsp3) is 0.111. The number of hydrogen-bond acceptors (Lipinski definition) is 10. The molecule has 4 N–H and O–H groups in total. The number of benzene rings is 2. The first-order valence-corrected chi connectivity index (χ1v) is 9.75. The summed E-state index contributed by atoms with van der Waals surface area (Å²) in [4.78, 5) is 22.3. The molecule has 3 rings (SSSR count). The minimum absolute atomic E-state index is 0.00972. The second kappa shape index (κ2) is 10.1. The molecule has 13 heteroatoms. The molecule has 0 spiro atoms. The number of carbonyl (C=O) groups is 1. The van der Waals surface area contributed by atoms with Crippen molar-refractivity contribution in [3.63, 3.8) is 0 Å².